The fourth-order valence-corrected chi connectivity index (χ4v) is 5.02. The lowest BCUT2D eigenvalue weighted by molar-refractivity contribution is 0.796. The molecule has 0 N–H and O–H groups in total. The first-order valence-corrected chi connectivity index (χ1v) is 13.7. The van der Waals surface area contributed by atoms with Crippen LogP contribution in [0.3, 0.4) is 0 Å². The molecule has 0 aliphatic carbocycles. The summed E-state index contributed by atoms with van der Waals surface area (Å²) in [6.07, 6.45) is 7.21. The minimum Gasteiger partial charge on any atom is -0.159 e. The molecule has 0 heterocycles. The van der Waals surface area contributed by atoms with Crippen LogP contribution in [0.15, 0.2) is 138 Å². The average molecular weight is 507 g/mol. The number of hydrogen-bond donors (Lipinski definition) is 0. The van der Waals surface area contributed by atoms with E-state index in [-0.39, 0.29) is 0 Å². The Morgan fingerprint density at radius 2 is 1.28 bits per heavy atom. The Morgan fingerprint density at radius 1 is 0.641 bits per heavy atom. The molecule has 39 heavy (non-hydrogen) atoms. The fourth-order valence-electron chi connectivity index (χ4n) is 5.02. The molecule has 0 aliphatic rings. The van der Waals surface area contributed by atoms with Crippen LogP contribution < -0.4 is 0 Å². The molecule has 192 valence electrons. The monoisotopic (exact) mass is 506 g/mol. The van der Waals surface area contributed by atoms with E-state index in [2.05, 4.69) is 145 Å². The molecule has 0 saturated heterocycles. The van der Waals surface area contributed by atoms with Crippen molar-refractivity contribution in [2.75, 3.05) is 0 Å². The van der Waals surface area contributed by atoms with Gasteiger partial charge in [-0.25, -0.2) is 0 Å². The summed E-state index contributed by atoms with van der Waals surface area (Å²) in [4.78, 5) is 0. The van der Waals surface area contributed by atoms with Gasteiger partial charge in [0.05, 0.1) is 11.9 Å². The van der Waals surface area contributed by atoms with Crippen LogP contribution in [0.2, 0.25) is 0 Å². The highest BCUT2D eigenvalue weighted by Crippen LogP contribution is 2.37. The van der Waals surface area contributed by atoms with Crippen molar-refractivity contribution in [1.82, 2.24) is 0 Å². The number of nitrogens with zero attached hydrogens (tertiary/aromatic N) is 2. The number of unbranched alkanes of at least 4 members (excludes halogenated alkanes) is 1. The molecule has 5 aromatic carbocycles. The summed E-state index contributed by atoms with van der Waals surface area (Å²) in [7, 11) is 0. The molecule has 0 fully saturated rings. The molecule has 0 aromatic heterocycles. The SMILES string of the molecule is CCCCc1cc(C=CN=Nc2cc(C)cc(-c3ccccc3)c2)cc(-c2ccccc2)c1-c1ccccc1. The van der Waals surface area contributed by atoms with Crippen LogP contribution in [-0.4, -0.2) is 0 Å². The Labute approximate surface area is 232 Å². The number of benzene rings is 5. The van der Waals surface area contributed by atoms with Crippen LogP contribution in [0.4, 0.5) is 5.69 Å². The van der Waals surface area contributed by atoms with Gasteiger partial charge in [-0.2, -0.15) is 10.2 Å². The summed E-state index contributed by atoms with van der Waals surface area (Å²) in [5, 5.41) is 8.96. The molecule has 5 aromatic rings. The van der Waals surface area contributed by atoms with Crippen molar-refractivity contribution in [3.8, 4) is 33.4 Å². The summed E-state index contributed by atoms with van der Waals surface area (Å²) in [6.45, 7) is 4.34. The van der Waals surface area contributed by atoms with E-state index < -0.39 is 0 Å². The van der Waals surface area contributed by atoms with E-state index in [1.807, 2.05) is 6.07 Å². The first kappa shape index (κ1) is 26.1. The Balaban J connectivity index is 1.50. The molecule has 2 nitrogen and oxygen atoms in total. The maximum absolute atomic E-state index is 4.52. The van der Waals surface area contributed by atoms with Crippen molar-refractivity contribution in [3.05, 3.63) is 144 Å². The first-order valence-electron chi connectivity index (χ1n) is 13.7. The van der Waals surface area contributed by atoms with Gasteiger partial charge in [0, 0.05) is 0 Å². The Bertz CT molecular complexity index is 1570. The zero-order valence-electron chi connectivity index (χ0n) is 22.7. The average Bonchev–Trinajstić information content (AvgIpc) is 2.99. The highest BCUT2D eigenvalue weighted by molar-refractivity contribution is 5.87. The molecule has 0 aliphatic heterocycles. The molecule has 0 unspecified atom stereocenters. The molecule has 0 radical (unpaired) electrons. The van der Waals surface area contributed by atoms with Gasteiger partial charge in [0.1, 0.15) is 0 Å². The van der Waals surface area contributed by atoms with E-state index in [0.717, 1.165) is 36.1 Å². The quantitative estimate of drug-likeness (QED) is 0.178. The van der Waals surface area contributed by atoms with Gasteiger partial charge in [-0.1, -0.05) is 116 Å². The Hall–Kier alpha value is -4.56. The molecule has 0 spiro atoms. The lowest BCUT2D eigenvalue weighted by Gasteiger charge is -2.17. The highest BCUT2D eigenvalue weighted by Gasteiger charge is 2.14. The molecule has 0 bridgehead atoms. The van der Waals surface area contributed by atoms with E-state index >= 15 is 0 Å². The van der Waals surface area contributed by atoms with E-state index in [1.54, 1.807) is 6.20 Å². The summed E-state index contributed by atoms with van der Waals surface area (Å²) >= 11 is 0. The minimum absolute atomic E-state index is 0.853. The van der Waals surface area contributed by atoms with Crippen LogP contribution in [0, 0.1) is 6.92 Å². The predicted octanol–water partition coefficient (Wildman–Crippen LogP) is 11.1. The third kappa shape index (κ3) is 6.66. The summed E-state index contributed by atoms with van der Waals surface area (Å²) < 4.78 is 0. The van der Waals surface area contributed by atoms with Gasteiger partial charge in [-0.3, -0.25) is 0 Å². The van der Waals surface area contributed by atoms with E-state index in [0.29, 0.717) is 0 Å². The van der Waals surface area contributed by atoms with Gasteiger partial charge in [0.15, 0.2) is 0 Å². The van der Waals surface area contributed by atoms with E-state index in [4.69, 9.17) is 0 Å². The molecule has 5 rings (SSSR count). The van der Waals surface area contributed by atoms with Gasteiger partial charge in [0.2, 0.25) is 0 Å². The van der Waals surface area contributed by atoms with Gasteiger partial charge in [0.25, 0.3) is 0 Å². The number of azo groups is 1. The second kappa shape index (κ2) is 12.8. The largest absolute Gasteiger partial charge is 0.159 e. The van der Waals surface area contributed by atoms with Crippen LogP contribution in [0.25, 0.3) is 39.5 Å². The van der Waals surface area contributed by atoms with E-state index in [9.17, 15) is 0 Å². The maximum atomic E-state index is 4.52. The Morgan fingerprint density at radius 3 is 1.95 bits per heavy atom. The molecular formula is C37H34N2. The van der Waals surface area contributed by atoms with Crippen LogP contribution in [-0.2, 0) is 6.42 Å². The second-order valence-electron chi connectivity index (χ2n) is 9.89. The Kier molecular flexibility index (Phi) is 8.55. The predicted molar refractivity (Wildman–Crippen MR) is 166 cm³/mol. The van der Waals surface area contributed by atoms with Crippen molar-refractivity contribution in [1.29, 1.82) is 0 Å². The third-order valence-electron chi connectivity index (χ3n) is 6.87. The number of hydrogen-bond acceptors (Lipinski definition) is 2. The topological polar surface area (TPSA) is 24.7 Å². The minimum atomic E-state index is 0.853. The van der Waals surface area contributed by atoms with Crippen molar-refractivity contribution in [2.24, 2.45) is 10.2 Å². The summed E-state index contributed by atoms with van der Waals surface area (Å²) in [6, 6.07) is 42.8. The molecular weight excluding hydrogens is 472 g/mol. The fraction of sp³-hybridized carbons (Fsp3) is 0.135. The third-order valence-corrected chi connectivity index (χ3v) is 6.87. The second-order valence-corrected chi connectivity index (χ2v) is 9.89. The zero-order valence-corrected chi connectivity index (χ0v) is 22.7. The molecule has 0 atom stereocenters. The van der Waals surface area contributed by atoms with Gasteiger partial charge in [-0.05, 0) is 94.1 Å². The molecule has 2 heteroatoms. The van der Waals surface area contributed by atoms with Gasteiger partial charge in [-0.15, -0.1) is 0 Å². The lowest BCUT2D eigenvalue weighted by Crippen LogP contribution is -1.96. The summed E-state index contributed by atoms with van der Waals surface area (Å²) in [5.41, 5.74) is 11.9. The van der Waals surface area contributed by atoms with Crippen LogP contribution >= 0.6 is 0 Å². The van der Waals surface area contributed by atoms with Crippen LogP contribution in [0.1, 0.15) is 36.5 Å². The first-order chi connectivity index (χ1) is 19.2. The van der Waals surface area contributed by atoms with E-state index in [1.165, 1.54) is 38.9 Å². The van der Waals surface area contributed by atoms with Crippen molar-refractivity contribution < 1.29 is 0 Å². The van der Waals surface area contributed by atoms with Crippen LogP contribution in [0.5, 0.6) is 0 Å². The number of aryl methyl sites for hydroxylation is 2. The molecule has 0 saturated carbocycles. The van der Waals surface area contributed by atoms with Crippen molar-refractivity contribution in [2.45, 2.75) is 33.1 Å². The lowest BCUT2D eigenvalue weighted by atomic mass is 9.87. The highest BCUT2D eigenvalue weighted by atomic mass is 15.1. The van der Waals surface area contributed by atoms with Crippen molar-refractivity contribution in [3.63, 3.8) is 0 Å². The zero-order chi connectivity index (χ0) is 26.9. The number of rotatable bonds is 9. The summed E-state index contributed by atoms with van der Waals surface area (Å²) in [5.74, 6) is 0. The normalized spacial score (nSPS) is 11.4. The molecule has 0 amide bonds. The van der Waals surface area contributed by atoms with Gasteiger partial charge < -0.3 is 0 Å². The smallest absolute Gasteiger partial charge is 0.0865 e. The van der Waals surface area contributed by atoms with Gasteiger partial charge >= 0.3 is 0 Å². The standard InChI is InChI=1S/C37H34N2/c1-3-4-14-33-25-29(26-36(31-17-10-6-11-18-31)37(33)32-19-12-7-13-20-32)21-22-38-39-35-24-28(2)23-34(27-35)30-15-8-5-9-16-30/h5-13,15-27H,3-4,14H2,1-2H3. The maximum Gasteiger partial charge on any atom is 0.0865 e. The van der Waals surface area contributed by atoms with Crippen molar-refractivity contribution >= 4 is 11.8 Å².